The Morgan fingerprint density at radius 3 is 0.828 bits per heavy atom. The fraction of sp³-hybridized carbons (Fsp3) is 0.900. The monoisotopic (exact) mass is 1450 g/mol. The van der Waals surface area contributed by atoms with Crippen LogP contribution >= 0.6 is 15.6 Å². The van der Waals surface area contributed by atoms with Crippen LogP contribution in [0.3, 0.4) is 0 Å². The number of hydrogen-bond acceptors (Lipinski definition) is 15. The molecule has 0 aliphatic heterocycles. The summed E-state index contributed by atoms with van der Waals surface area (Å²) in [5.74, 6) is -0.596. The molecule has 17 nitrogen and oxygen atoms in total. The van der Waals surface area contributed by atoms with Gasteiger partial charge in [0.25, 0.3) is 0 Å². The van der Waals surface area contributed by atoms with Gasteiger partial charge in [0.1, 0.15) is 19.3 Å². The van der Waals surface area contributed by atoms with Crippen LogP contribution in [0.2, 0.25) is 0 Å². The van der Waals surface area contributed by atoms with E-state index in [9.17, 15) is 43.2 Å². The van der Waals surface area contributed by atoms with E-state index in [1.165, 1.54) is 193 Å². The zero-order valence-electron chi connectivity index (χ0n) is 64.3. The van der Waals surface area contributed by atoms with Crippen molar-refractivity contribution in [1.82, 2.24) is 0 Å². The molecule has 0 aliphatic rings. The summed E-state index contributed by atoms with van der Waals surface area (Å²) in [7, 11) is -9.93. The summed E-state index contributed by atoms with van der Waals surface area (Å²) in [4.78, 5) is 73.0. The van der Waals surface area contributed by atoms with Gasteiger partial charge in [-0.2, -0.15) is 0 Å². The van der Waals surface area contributed by atoms with Gasteiger partial charge in [0.05, 0.1) is 26.4 Å². The summed E-state index contributed by atoms with van der Waals surface area (Å²) in [5.41, 5.74) is 0. The first kappa shape index (κ1) is 96.5. The van der Waals surface area contributed by atoms with Crippen molar-refractivity contribution < 1.29 is 80.2 Å². The zero-order valence-corrected chi connectivity index (χ0v) is 66.1. The summed E-state index contributed by atoms with van der Waals surface area (Å²) in [5, 5.41) is 10.6. The van der Waals surface area contributed by atoms with Gasteiger partial charge in [-0.05, 0) is 63.2 Å². The third kappa shape index (κ3) is 73.6. The van der Waals surface area contributed by atoms with E-state index in [0.29, 0.717) is 25.7 Å². The lowest BCUT2D eigenvalue weighted by molar-refractivity contribution is -0.161. The van der Waals surface area contributed by atoms with Crippen LogP contribution in [0.1, 0.15) is 395 Å². The maximum atomic E-state index is 13.1. The minimum Gasteiger partial charge on any atom is -0.462 e. The van der Waals surface area contributed by atoms with E-state index >= 15 is 0 Å². The summed E-state index contributed by atoms with van der Waals surface area (Å²) >= 11 is 0. The lowest BCUT2D eigenvalue weighted by Crippen LogP contribution is -2.30. The number of allylic oxidation sites excluding steroid dienone is 4. The Hall–Kier alpha value is -2.46. The Morgan fingerprint density at radius 1 is 0.313 bits per heavy atom. The Kier molecular flexibility index (Phi) is 69.4. The molecule has 0 rings (SSSR count). The first-order chi connectivity index (χ1) is 47.9. The Balaban J connectivity index is 5.29. The molecule has 99 heavy (non-hydrogen) atoms. The summed E-state index contributed by atoms with van der Waals surface area (Å²) in [6.07, 6.45) is 63.1. The predicted molar refractivity (Wildman–Crippen MR) is 404 cm³/mol. The number of aliphatic hydroxyl groups excluding tert-OH is 1. The minimum absolute atomic E-state index is 0.101. The molecule has 0 aliphatic carbocycles. The molecule has 5 atom stereocenters. The number of phosphoric ester groups is 2. The van der Waals surface area contributed by atoms with Gasteiger partial charge in [0, 0.05) is 25.7 Å². The molecule has 3 N–H and O–H groups in total. The SMILES string of the molecule is CCCCCC/C=C\C=C/CCCCCCCC(=O)OC[C@H](COP(=O)(O)OC[C@@H](O)COP(=O)(O)OC[C@@H](COC(=O)CCCCCCCCCCCC(C)C)OC(=O)CCCCCCCCCCCCCCCC)OC(=O)CCCCCCCCCCCCCCCCCC(C)C. The molecule has 0 radical (unpaired) electrons. The van der Waals surface area contributed by atoms with Crippen molar-refractivity contribution in [1.29, 1.82) is 0 Å². The normalized spacial score (nSPS) is 14.1. The smallest absolute Gasteiger partial charge is 0.462 e. The number of ether oxygens (including phenoxy) is 4. The number of hydrogen-bond donors (Lipinski definition) is 3. The minimum atomic E-state index is -4.97. The summed E-state index contributed by atoms with van der Waals surface area (Å²) < 4.78 is 68.7. The standard InChI is InChI=1S/C80H152O17P2/c1-7-9-11-13-15-17-19-21-24-29-32-38-44-50-56-62-77(82)90-68-75(96-80(85)65-59-53-47-40-34-30-26-23-25-27-31-36-42-48-54-60-72(3)4)70-94-98(86,87)92-66-74(81)67-93-99(88,89)95-71-76(69-91-78(83)63-57-51-45-41-35-37-43-49-55-61-73(5)6)97-79(84)64-58-52-46-39-33-28-22-20-18-16-14-12-10-8-2/h17,19,21,24,72-76,81H,7-16,18,20,22-23,25-71H2,1-6H3,(H,86,87)(H,88,89)/b19-17-,24-21-/t74-,75-,76-/m1/s1. The Labute approximate surface area is 605 Å². The van der Waals surface area contributed by atoms with E-state index in [4.69, 9.17) is 37.0 Å². The second kappa shape index (κ2) is 71.2. The number of phosphoric acid groups is 2. The molecular formula is C80H152O17P2. The summed E-state index contributed by atoms with van der Waals surface area (Å²) in [6.45, 7) is 9.57. The van der Waals surface area contributed by atoms with Crippen LogP contribution in [0.5, 0.6) is 0 Å². The van der Waals surface area contributed by atoms with E-state index in [-0.39, 0.29) is 25.7 Å². The van der Waals surface area contributed by atoms with Crippen LogP contribution < -0.4 is 0 Å². The average Bonchev–Trinajstić information content (AvgIpc) is 1.07. The van der Waals surface area contributed by atoms with E-state index < -0.39 is 97.5 Å². The van der Waals surface area contributed by atoms with Crippen LogP contribution in [0, 0.1) is 11.8 Å². The van der Waals surface area contributed by atoms with Gasteiger partial charge in [-0.3, -0.25) is 37.3 Å². The van der Waals surface area contributed by atoms with Gasteiger partial charge in [-0.15, -0.1) is 0 Å². The first-order valence-corrected chi connectivity index (χ1v) is 43.8. The second-order valence-corrected chi connectivity index (χ2v) is 32.0. The third-order valence-electron chi connectivity index (χ3n) is 18.1. The Bertz CT molecular complexity index is 2000. The van der Waals surface area contributed by atoms with Gasteiger partial charge >= 0.3 is 39.5 Å². The van der Waals surface area contributed by atoms with E-state index in [1.807, 2.05) is 0 Å². The summed E-state index contributed by atoms with van der Waals surface area (Å²) in [6, 6.07) is 0. The fourth-order valence-corrected chi connectivity index (χ4v) is 13.4. The van der Waals surface area contributed by atoms with Crippen LogP contribution in [-0.2, 0) is 65.4 Å². The number of esters is 4. The molecule has 584 valence electrons. The van der Waals surface area contributed by atoms with Crippen molar-refractivity contribution in [2.75, 3.05) is 39.6 Å². The molecule has 0 aromatic carbocycles. The van der Waals surface area contributed by atoms with Crippen molar-refractivity contribution in [3.8, 4) is 0 Å². The molecule has 0 amide bonds. The highest BCUT2D eigenvalue weighted by Crippen LogP contribution is 2.45. The molecule has 0 bridgehead atoms. The highest BCUT2D eigenvalue weighted by Gasteiger charge is 2.30. The molecule has 0 aromatic rings. The van der Waals surface area contributed by atoms with Crippen LogP contribution in [-0.4, -0.2) is 96.7 Å². The fourth-order valence-electron chi connectivity index (χ4n) is 11.8. The maximum absolute atomic E-state index is 13.1. The number of unbranched alkanes of at least 4 members (excludes halogenated alkanes) is 44. The molecular weight excluding hydrogens is 1290 g/mol. The maximum Gasteiger partial charge on any atom is 0.472 e. The largest absolute Gasteiger partial charge is 0.472 e. The van der Waals surface area contributed by atoms with E-state index in [2.05, 4.69) is 65.8 Å². The van der Waals surface area contributed by atoms with Crippen molar-refractivity contribution in [2.24, 2.45) is 11.8 Å². The van der Waals surface area contributed by atoms with Gasteiger partial charge in [-0.1, -0.05) is 342 Å². The van der Waals surface area contributed by atoms with Gasteiger partial charge in [0.15, 0.2) is 12.2 Å². The molecule has 0 heterocycles. The number of aliphatic hydroxyl groups is 1. The molecule has 0 saturated heterocycles. The lowest BCUT2D eigenvalue weighted by atomic mass is 10.0. The van der Waals surface area contributed by atoms with Crippen LogP contribution in [0.15, 0.2) is 24.3 Å². The van der Waals surface area contributed by atoms with Crippen molar-refractivity contribution in [2.45, 2.75) is 413 Å². The van der Waals surface area contributed by atoms with E-state index in [0.717, 1.165) is 121 Å². The molecule has 0 spiro atoms. The number of carbonyl (C=O) groups is 4. The van der Waals surface area contributed by atoms with Crippen molar-refractivity contribution in [3.63, 3.8) is 0 Å². The average molecular weight is 1450 g/mol. The van der Waals surface area contributed by atoms with Crippen LogP contribution in [0.25, 0.3) is 0 Å². The molecule has 0 fully saturated rings. The van der Waals surface area contributed by atoms with Crippen LogP contribution in [0.4, 0.5) is 0 Å². The zero-order chi connectivity index (χ0) is 72.8. The van der Waals surface area contributed by atoms with Crippen molar-refractivity contribution >= 4 is 39.5 Å². The third-order valence-corrected chi connectivity index (χ3v) is 20.0. The van der Waals surface area contributed by atoms with Gasteiger partial charge < -0.3 is 33.8 Å². The lowest BCUT2D eigenvalue weighted by Gasteiger charge is -2.21. The molecule has 19 heteroatoms. The van der Waals surface area contributed by atoms with Gasteiger partial charge in [-0.25, -0.2) is 9.13 Å². The number of carbonyl (C=O) groups excluding carboxylic acids is 4. The molecule has 2 unspecified atom stereocenters. The molecule has 0 saturated carbocycles. The first-order valence-electron chi connectivity index (χ1n) is 40.8. The van der Waals surface area contributed by atoms with Crippen molar-refractivity contribution in [3.05, 3.63) is 24.3 Å². The Morgan fingerprint density at radius 2 is 0.545 bits per heavy atom. The predicted octanol–water partition coefficient (Wildman–Crippen LogP) is 23.4. The number of rotatable bonds is 77. The topological polar surface area (TPSA) is 237 Å². The highest BCUT2D eigenvalue weighted by molar-refractivity contribution is 7.47. The second-order valence-electron chi connectivity index (χ2n) is 29.1. The van der Waals surface area contributed by atoms with Gasteiger partial charge in [0.2, 0.25) is 0 Å². The molecule has 0 aromatic heterocycles. The van der Waals surface area contributed by atoms with E-state index in [1.54, 1.807) is 0 Å². The highest BCUT2D eigenvalue weighted by atomic mass is 31.2. The quantitative estimate of drug-likeness (QED) is 0.0169.